The topological polar surface area (TPSA) is 101 Å². The first-order valence-corrected chi connectivity index (χ1v) is 9.81. The summed E-state index contributed by atoms with van der Waals surface area (Å²) in [6, 6.07) is 13.4. The van der Waals surface area contributed by atoms with Crippen molar-refractivity contribution < 1.29 is 23.1 Å². The summed E-state index contributed by atoms with van der Waals surface area (Å²) < 4.78 is 22.9. The first-order valence-electron chi connectivity index (χ1n) is 7.99. The number of carboxylic acids is 1. The smallest absolute Gasteiger partial charge is 0.308 e. The summed E-state index contributed by atoms with van der Waals surface area (Å²) in [5, 5.41) is 13.8. The second kappa shape index (κ2) is 8.11. The summed E-state index contributed by atoms with van der Waals surface area (Å²) in [6.45, 7) is 1.35. The minimum Gasteiger partial charge on any atom is -0.481 e. The highest BCUT2D eigenvalue weighted by molar-refractivity contribution is 7.92. The molecule has 0 heterocycles. The highest BCUT2D eigenvalue weighted by Gasteiger charge is 2.21. The van der Waals surface area contributed by atoms with Crippen molar-refractivity contribution in [2.24, 2.45) is 5.92 Å². The van der Waals surface area contributed by atoms with Gasteiger partial charge in [0, 0.05) is 12.3 Å². The van der Waals surface area contributed by atoms with Gasteiger partial charge in [-0.15, -0.1) is 0 Å². The molecule has 0 fully saturated rings. The van der Waals surface area contributed by atoms with Crippen LogP contribution in [0.3, 0.4) is 0 Å². The third-order valence-electron chi connectivity index (χ3n) is 4.03. The van der Waals surface area contributed by atoms with E-state index in [1.807, 2.05) is 42.5 Å². The SMILES string of the molecule is CCS(=O)(=O)CC(=O)NCC(Cc1cccc2ccccc12)C(=O)O. The van der Waals surface area contributed by atoms with Crippen molar-refractivity contribution in [1.82, 2.24) is 5.32 Å². The molecule has 0 aliphatic carbocycles. The molecule has 1 atom stereocenters. The summed E-state index contributed by atoms with van der Waals surface area (Å²) in [6.07, 6.45) is 0.248. The van der Waals surface area contributed by atoms with E-state index >= 15 is 0 Å². The molecule has 25 heavy (non-hydrogen) atoms. The summed E-state index contributed by atoms with van der Waals surface area (Å²) >= 11 is 0. The van der Waals surface area contributed by atoms with Crippen molar-refractivity contribution in [3.63, 3.8) is 0 Å². The van der Waals surface area contributed by atoms with E-state index in [-0.39, 0.29) is 18.7 Å². The van der Waals surface area contributed by atoms with E-state index in [4.69, 9.17) is 0 Å². The van der Waals surface area contributed by atoms with E-state index < -0.39 is 33.4 Å². The summed E-state index contributed by atoms with van der Waals surface area (Å²) in [5.74, 6) is -3.29. The van der Waals surface area contributed by atoms with E-state index in [1.165, 1.54) is 6.92 Å². The second-order valence-corrected chi connectivity index (χ2v) is 8.21. The maximum Gasteiger partial charge on any atom is 0.308 e. The molecular weight excluding hydrogens is 342 g/mol. The highest BCUT2D eigenvalue weighted by atomic mass is 32.2. The lowest BCUT2D eigenvalue weighted by atomic mass is 9.95. The van der Waals surface area contributed by atoms with Crippen LogP contribution >= 0.6 is 0 Å². The van der Waals surface area contributed by atoms with Crippen molar-refractivity contribution in [3.05, 3.63) is 48.0 Å². The number of hydrogen-bond acceptors (Lipinski definition) is 4. The van der Waals surface area contributed by atoms with Gasteiger partial charge < -0.3 is 10.4 Å². The fourth-order valence-corrected chi connectivity index (χ4v) is 3.28. The molecule has 7 heteroatoms. The molecule has 2 rings (SSSR count). The Morgan fingerprint density at radius 1 is 1.12 bits per heavy atom. The lowest BCUT2D eigenvalue weighted by Crippen LogP contribution is -2.37. The molecule has 0 aliphatic rings. The van der Waals surface area contributed by atoms with Crippen LogP contribution in [0.4, 0.5) is 0 Å². The number of carbonyl (C=O) groups excluding carboxylic acids is 1. The van der Waals surface area contributed by atoms with Crippen LogP contribution in [0.25, 0.3) is 10.8 Å². The molecule has 1 amide bonds. The van der Waals surface area contributed by atoms with Gasteiger partial charge in [-0.3, -0.25) is 9.59 Å². The van der Waals surface area contributed by atoms with Crippen LogP contribution < -0.4 is 5.32 Å². The van der Waals surface area contributed by atoms with Gasteiger partial charge >= 0.3 is 5.97 Å². The first kappa shape index (κ1) is 18.9. The molecule has 0 saturated carbocycles. The third kappa shape index (κ3) is 5.29. The summed E-state index contributed by atoms with van der Waals surface area (Å²) in [5.41, 5.74) is 0.876. The average Bonchev–Trinajstić information content (AvgIpc) is 2.58. The number of fused-ring (bicyclic) bond motifs is 1. The fraction of sp³-hybridized carbons (Fsp3) is 0.333. The van der Waals surface area contributed by atoms with Crippen molar-refractivity contribution in [3.8, 4) is 0 Å². The molecule has 0 spiro atoms. The average molecular weight is 363 g/mol. The lowest BCUT2D eigenvalue weighted by molar-refractivity contribution is -0.141. The van der Waals surface area contributed by atoms with E-state index in [1.54, 1.807) is 0 Å². The van der Waals surface area contributed by atoms with Gasteiger partial charge in [-0.05, 0) is 22.8 Å². The maximum absolute atomic E-state index is 11.7. The second-order valence-electron chi connectivity index (χ2n) is 5.86. The Kier molecular flexibility index (Phi) is 6.14. The van der Waals surface area contributed by atoms with Crippen molar-refractivity contribution in [2.45, 2.75) is 13.3 Å². The zero-order valence-corrected chi connectivity index (χ0v) is 14.8. The molecule has 0 radical (unpaired) electrons. The predicted molar refractivity (Wildman–Crippen MR) is 96.1 cm³/mol. The number of rotatable bonds is 8. The van der Waals surface area contributed by atoms with Crippen molar-refractivity contribution in [2.75, 3.05) is 18.1 Å². The Hall–Kier alpha value is -2.41. The van der Waals surface area contributed by atoms with Gasteiger partial charge in [-0.25, -0.2) is 8.42 Å². The molecule has 2 N–H and O–H groups in total. The summed E-state index contributed by atoms with van der Waals surface area (Å²) in [4.78, 5) is 23.3. The van der Waals surface area contributed by atoms with Gasteiger partial charge in [-0.1, -0.05) is 49.4 Å². The Bertz CT molecular complexity index is 871. The molecule has 134 valence electrons. The number of hydrogen-bond donors (Lipinski definition) is 2. The van der Waals surface area contributed by atoms with Crippen LogP contribution in [-0.2, 0) is 25.8 Å². The van der Waals surface area contributed by atoms with E-state index in [2.05, 4.69) is 5.32 Å². The van der Waals surface area contributed by atoms with Crippen LogP contribution in [0.15, 0.2) is 42.5 Å². The van der Waals surface area contributed by atoms with Crippen molar-refractivity contribution in [1.29, 1.82) is 0 Å². The van der Waals surface area contributed by atoms with Crippen molar-refractivity contribution >= 4 is 32.5 Å². The minimum atomic E-state index is -3.43. The Labute approximate surface area is 146 Å². The third-order valence-corrected chi connectivity index (χ3v) is 5.61. The molecule has 6 nitrogen and oxygen atoms in total. The van der Waals surface area contributed by atoms with Crippen LogP contribution in [-0.4, -0.2) is 43.5 Å². The van der Waals surface area contributed by atoms with Crippen LogP contribution in [0.5, 0.6) is 0 Å². The molecule has 2 aromatic rings. The van der Waals surface area contributed by atoms with E-state index in [0.717, 1.165) is 16.3 Å². The number of benzene rings is 2. The number of carbonyl (C=O) groups is 2. The predicted octanol–water partition coefficient (Wildman–Crippen LogP) is 1.63. The summed E-state index contributed by atoms with van der Waals surface area (Å²) in [7, 11) is -3.43. The van der Waals surface area contributed by atoms with Crippen LogP contribution in [0, 0.1) is 5.92 Å². The molecule has 0 bridgehead atoms. The molecule has 2 aromatic carbocycles. The lowest BCUT2D eigenvalue weighted by Gasteiger charge is -2.15. The molecule has 0 aliphatic heterocycles. The normalized spacial score (nSPS) is 12.7. The number of sulfone groups is 1. The molecule has 0 aromatic heterocycles. The zero-order valence-electron chi connectivity index (χ0n) is 13.9. The number of aliphatic carboxylic acids is 1. The van der Waals surface area contributed by atoms with E-state index in [0.29, 0.717) is 0 Å². The van der Waals surface area contributed by atoms with Gasteiger partial charge in [0.25, 0.3) is 0 Å². The molecule has 1 unspecified atom stereocenters. The highest BCUT2D eigenvalue weighted by Crippen LogP contribution is 2.21. The fourth-order valence-electron chi connectivity index (χ4n) is 2.57. The van der Waals surface area contributed by atoms with Crippen LogP contribution in [0.1, 0.15) is 12.5 Å². The Balaban J connectivity index is 2.08. The largest absolute Gasteiger partial charge is 0.481 e. The van der Waals surface area contributed by atoms with Gasteiger partial charge in [0.15, 0.2) is 9.84 Å². The maximum atomic E-state index is 11.7. The number of amides is 1. The molecular formula is C18H21NO5S. The van der Waals surface area contributed by atoms with E-state index in [9.17, 15) is 23.1 Å². The Morgan fingerprint density at radius 2 is 1.80 bits per heavy atom. The van der Waals surface area contributed by atoms with Gasteiger partial charge in [0.05, 0.1) is 5.92 Å². The zero-order chi connectivity index (χ0) is 18.4. The first-order chi connectivity index (χ1) is 11.8. The molecule has 0 saturated heterocycles. The minimum absolute atomic E-state index is 0.114. The van der Waals surface area contributed by atoms with Gasteiger partial charge in [0.1, 0.15) is 5.75 Å². The van der Waals surface area contributed by atoms with Gasteiger partial charge in [0.2, 0.25) is 5.91 Å². The monoisotopic (exact) mass is 363 g/mol. The quantitative estimate of drug-likeness (QED) is 0.742. The number of carboxylic acid groups (broad SMARTS) is 1. The number of nitrogens with one attached hydrogen (secondary N) is 1. The standard InChI is InChI=1S/C18H21NO5S/c1-2-25(23,24)12-17(20)19-11-15(18(21)22)10-14-8-5-7-13-6-3-4-9-16(13)14/h3-9,15H,2,10-12H2,1H3,(H,19,20)(H,21,22). The van der Waals surface area contributed by atoms with Crippen LogP contribution in [0.2, 0.25) is 0 Å². The van der Waals surface area contributed by atoms with Gasteiger partial charge in [-0.2, -0.15) is 0 Å². The Morgan fingerprint density at radius 3 is 2.48 bits per heavy atom.